The van der Waals surface area contributed by atoms with Crippen LogP contribution in [0, 0.1) is 5.92 Å². The summed E-state index contributed by atoms with van der Waals surface area (Å²) in [6.45, 7) is 3.51. The molecule has 0 bridgehead atoms. The second-order valence-electron chi connectivity index (χ2n) is 7.72. The number of benzene rings is 1. The van der Waals surface area contributed by atoms with Crippen molar-refractivity contribution < 1.29 is 28.5 Å². The first-order chi connectivity index (χ1) is 15.1. The third kappa shape index (κ3) is 8.90. The van der Waals surface area contributed by atoms with Crippen LogP contribution in [0.15, 0.2) is 30.0 Å². The molecule has 31 heavy (non-hydrogen) atoms. The van der Waals surface area contributed by atoms with Crippen LogP contribution in [0.3, 0.4) is 0 Å². The van der Waals surface area contributed by atoms with Gasteiger partial charge in [-0.25, -0.2) is 9.59 Å². The number of rotatable bonds is 15. The molecule has 0 radical (unpaired) electrons. The number of unbranched alkanes of at least 4 members (excludes halogenated alkanes) is 5. The highest BCUT2D eigenvalue weighted by Crippen LogP contribution is 2.34. The molecule has 0 atom stereocenters. The minimum absolute atomic E-state index is 0.228. The summed E-state index contributed by atoms with van der Waals surface area (Å²) in [6, 6.07) is 5.45. The smallest absolute Gasteiger partial charge is 0.346 e. The quantitative estimate of drug-likeness (QED) is 0.139. The highest BCUT2D eigenvalue weighted by Gasteiger charge is 2.23. The Balaban J connectivity index is 2.02. The van der Waals surface area contributed by atoms with Gasteiger partial charge in [0, 0.05) is 18.0 Å². The molecule has 0 amide bonds. The van der Waals surface area contributed by atoms with E-state index >= 15 is 0 Å². The summed E-state index contributed by atoms with van der Waals surface area (Å²) in [5.74, 6) is 0.431. The van der Waals surface area contributed by atoms with Gasteiger partial charge in [0.15, 0.2) is 17.1 Å². The molecule has 7 nitrogen and oxygen atoms in total. The molecule has 0 unspecified atom stereocenters. The maximum Gasteiger partial charge on any atom is 0.346 e. The van der Waals surface area contributed by atoms with Crippen LogP contribution in [0.25, 0.3) is 0 Å². The van der Waals surface area contributed by atoms with Gasteiger partial charge in [0.2, 0.25) is 0 Å². The zero-order valence-electron chi connectivity index (χ0n) is 18.9. The summed E-state index contributed by atoms with van der Waals surface area (Å²) in [6.07, 6.45) is 10.8. The Morgan fingerprint density at radius 3 is 2.29 bits per heavy atom. The van der Waals surface area contributed by atoms with E-state index in [0.717, 1.165) is 12.8 Å². The zero-order valence-corrected chi connectivity index (χ0v) is 18.9. The molecular formula is C24H35NO6. The molecular weight excluding hydrogens is 398 g/mol. The van der Waals surface area contributed by atoms with Crippen LogP contribution in [-0.4, -0.2) is 39.4 Å². The van der Waals surface area contributed by atoms with Crippen LogP contribution in [-0.2, 0) is 19.1 Å². The fourth-order valence-electron chi connectivity index (χ4n) is 2.96. The third-order valence-electron chi connectivity index (χ3n) is 5.06. The lowest BCUT2D eigenvalue weighted by atomic mass is 10.1. The topological polar surface area (TPSA) is 83.1 Å². The lowest BCUT2D eigenvalue weighted by Gasteiger charge is -2.14. The number of anilines is 1. The highest BCUT2D eigenvalue weighted by atomic mass is 16.5. The first-order valence-electron chi connectivity index (χ1n) is 11.1. The van der Waals surface area contributed by atoms with Gasteiger partial charge < -0.3 is 24.3 Å². The number of methoxy groups -OCH3 is 2. The number of hydrogen-bond acceptors (Lipinski definition) is 7. The van der Waals surface area contributed by atoms with Crippen molar-refractivity contribution in [2.75, 3.05) is 32.8 Å². The van der Waals surface area contributed by atoms with Gasteiger partial charge in [-0.3, -0.25) is 0 Å². The van der Waals surface area contributed by atoms with Gasteiger partial charge in [0.1, 0.15) is 0 Å². The first-order valence-corrected chi connectivity index (χ1v) is 11.1. The largest absolute Gasteiger partial charge is 0.490 e. The van der Waals surface area contributed by atoms with Gasteiger partial charge in [-0.1, -0.05) is 39.0 Å². The fraction of sp³-hybridized carbons (Fsp3) is 0.583. The molecule has 7 heteroatoms. The number of ether oxygens (including phenoxy) is 4. The number of carbonyl (C=O) groups excluding carboxylic acids is 2. The number of hydrogen-bond donors (Lipinski definition) is 1. The van der Waals surface area contributed by atoms with E-state index in [-0.39, 0.29) is 5.57 Å². The molecule has 0 saturated heterocycles. The average molecular weight is 434 g/mol. The zero-order chi connectivity index (χ0) is 22.5. The summed E-state index contributed by atoms with van der Waals surface area (Å²) in [7, 11) is 2.42. The Labute approximate surface area is 185 Å². The number of nitrogens with one attached hydrogen (secondary N) is 1. The van der Waals surface area contributed by atoms with Gasteiger partial charge >= 0.3 is 11.9 Å². The predicted octanol–water partition coefficient (Wildman–Crippen LogP) is 4.86. The summed E-state index contributed by atoms with van der Waals surface area (Å²) in [5.41, 5.74) is 0.427. The van der Waals surface area contributed by atoms with Crippen molar-refractivity contribution in [1.29, 1.82) is 0 Å². The van der Waals surface area contributed by atoms with E-state index in [9.17, 15) is 9.59 Å². The van der Waals surface area contributed by atoms with Crippen molar-refractivity contribution in [1.82, 2.24) is 0 Å². The third-order valence-corrected chi connectivity index (χ3v) is 5.06. The van der Waals surface area contributed by atoms with Gasteiger partial charge in [-0.05, 0) is 37.3 Å². The van der Waals surface area contributed by atoms with Gasteiger partial charge in [-0.2, -0.15) is 0 Å². The first kappa shape index (κ1) is 24.6. The molecule has 1 aliphatic rings. The van der Waals surface area contributed by atoms with Crippen LogP contribution in [0.5, 0.6) is 11.5 Å². The van der Waals surface area contributed by atoms with E-state index in [1.807, 2.05) is 18.2 Å². The van der Waals surface area contributed by atoms with Gasteiger partial charge in [0.05, 0.1) is 27.4 Å². The van der Waals surface area contributed by atoms with Crippen LogP contribution >= 0.6 is 0 Å². The Kier molecular flexibility index (Phi) is 10.8. The molecule has 2 rings (SSSR count). The predicted molar refractivity (Wildman–Crippen MR) is 119 cm³/mol. The average Bonchev–Trinajstić information content (AvgIpc) is 3.62. The Hall–Kier alpha value is -2.70. The lowest BCUT2D eigenvalue weighted by Crippen LogP contribution is -2.17. The molecule has 0 aromatic heterocycles. The van der Waals surface area contributed by atoms with Crippen molar-refractivity contribution in [2.24, 2.45) is 5.92 Å². The van der Waals surface area contributed by atoms with E-state index in [4.69, 9.17) is 9.47 Å². The minimum Gasteiger partial charge on any atom is -0.490 e. The summed E-state index contributed by atoms with van der Waals surface area (Å²) in [5, 5.41) is 2.95. The molecule has 0 spiro atoms. The second-order valence-corrected chi connectivity index (χ2v) is 7.72. The Bertz CT molecular complexity index is 724. The van der Waals surface area contributed by atoms with E-state index < -0.39 is 11.9 Å². The summed E-state index contributed by atoms with van der Waals surface area (Å²) >= 11 is 0. The maximum absolute atomic E-state index is 11.8. The van der Waals surface area contributed by atoms with E-state index in [2.05, 4.69) is 21.7 Å². The molecule has 0 aliphatic heterocycles. The molecule has 1 aromatic carbocycles. The van der Waals surface area contributed by atoms with Crippen LogP contribution in [0.2, 0.25) is 0 Å². The molecule has 1 fully saturated rings. The maximum atomic E-state index is 11.8. The lowest BCUT2D eigenvalue weighted by molar-refractivity contribution is -0.144. The number of esters is 2. The normalized spacial score (nSPS) is 12.6. The van der Waals surface area contributed by atoms with Crippen molar-refractivity contribution >= 4 is 17.6 Å². The molecule has 1 saturated carbocycles. The monoisotopic (exact) mass is 433 g/mol. The molecule has 0 heterocycles. The fourth-order valence-corrected chi connectivity index (χ4v) is 2.96. The summed E-state index contributed by atoms with van der Waals surface area (Å²) in [4.78, 5) is 23.6. The SMILES string of the molecule is CCCCCCCCOc1cc(NC=C(C(=O)OC)C(=O)OC)ccc1OCC1CC1. The van der Waals surface area contributed by atoms with Crippen LogP contribution < -0.4 is 14.8 Å². The molecule has 1 N–H and O–H groups in total. The van der Waals surface area contributed by atoms with Crippen molar-refractivity contribution in [2.45, 2.75) is 58.3 Å². The van der Waals surface area contributed by atoms with E-state index in [1.54, 1.807) is 0 Å². The molecule has 1 aromatic rings. The van der Waals surface area contributed by atoms with Gasteiger partial charge in [0.25, 0.3) is 0 Å². The highest BCUT2D eigenvalue weighted by molar-refractivity contribution is 6.14. The summed E-state index contributed by atoms with van der Waals surface area (Å²) < 4.78 is 21.2. The van der Waals surface area contributed by atoms with E-state index in [1.165, 1.54) is 58.9 Å². The molecule has 172 valence electrons. The minimum atomic E-state index is -0.775. The van der Waals surface area contributed by atoms with Crippen molar-refractivity contribution in [3.63, 3.8) is 0 Å². The van der Waals surface area contributed by atoms with Gasteiger partial charge in [-0.15, -0.1) is 0 Å². The van der Waals surface area contributed by atoms with Crippen LogP contribution in [0.4, 0.5) is 5.69 Å². The Morgan fingerprint density at radius 1 is 0.968 bits per heavy atom. The van der Waals surface area contributed by atoms with E-state index in [0.29, 0.717) is 36.3 Å². The van der Waals surface area contributed by atoms with Crippen molar-refractivity contribution in [3.05, 3.63) is 30.0 Å². The van der Waals surface area contributed by atoms with Crippen molar-refractivity contribution in [3.8, 4) is 11.5 Å². The number of carbonyl (C=O) groups is 2. The Morgan fingerprint density at radius 2 is 1.65 bits per heavy atom. The molecule has 1 aliphatic carbocycles. The standard InChI is InChI=1S/C24H35NO6/c1-4-5-6-7-8-9-14-30-22-15-19(12-13-21(22)31-17-18-10-11-18)25-16-20(23(26)28-2)24(27)29-3/h12-13,15-16,18,25H,4-11,14,17H2,1-3H3. The second kappa shape index (κ2) is 13.6. The van der Waals surface area contributed by atoms with Crippen LogP contribution in [0.1, 0.15) is 58.3 Å².